The van der Waals surface area contributed by atoms with Gasteiger partial charge in [-0.2, -0.15) is 5.10 Å². The molecule has 0 atom stereocenters. The number of aromatic nitrogens is 4. The Morgan fingerprint density at radius 3 is 2.28 bits per heavy atom. The molecule has 0 aliphatic rings. The Bertz CT molecular complexity index is 1150. The standard InChI is InChI=1S/C22H18BrN5O/c1-14-19(15-8-10-18(23)11-9-15)21(28(2)27-14)26-22(29)17-12-24-20(25-13-17)16-6-4-3-5-7-16/h3-13H,1-2H3,(H,26,29). The summed E-state index contributed by atoms with van der Waals surface area (Å²) in [7, 11) is 1.81. The van der Waals surface area contributed by atoms with Crippen LogP contribution in [0, 0.1) is 6.92 Å². The summed E-state index contributed by atoms with van der Waals surface area (Å²) in [6.45, 7) is 1.92. The molecule has 2 heterocycles. The Kier molecular flexibility index (Phi) is 5.22. The van der Waals surface area contributed by atoms with E-state index in [9.17, 15) is 4.79 Å². The maximum atomic E-state index is 12.8. The van der Waals surface area contributed by atoms with Crippen LogP contribution in [0.4, 0.5) is 5.82 Å². The molecule has 29 heavy (non-hydrogen) atoms. The summed E-state index contributed by atoms with van der Waals surface area (Å²) in [6.07, 6.45) is 3.07. The molecule has 0 unspecified atom stereocenters. The number of halogens is 1. The quantitative estimate of drug-likeness (QED) is 0.484. The molecule has 0 aliphatic heterocycles. The number of rotatable bonds is 4. The Labute approximate surface area is 176 Å². The van der Waals surface area contributed by atoms with Crippen molar-refractivity contribution in [3.63, 3.8) is 0 Å². The molecule has 4 rings (SSSR count). The zero-order valence-corrected chi connectivity index (χ0v) is 17.5. The van der Waals surface area contributed by atoms with Crippen molar-refractivity contribution < 1.29 is 4.79 Å². The maximum Gasteiger partial charge on any atom is 0.259 e. The van der Waals surface area contributed by atoms with Gasteiger partial charge in [0.2, 0.25) is 0 Å². The van der Waals surface area contributed by atoms with Gasteiger partial charge in [0.25, 0.3) is 5.91 Å². The highest BCUT2D eigenvalue weighted by Gasteiger charge is 2.18. The third-order valence-electron chi connectivity index (χ3n) is 4.53. The van der Waals surface area contributed by atoms with Crippen LogP contribution in [0.5, 0.6) is 0 Å². The fraction of sp³-hybridized carbons (Fsp3) is 0.0909. The number of carbonyl (C=O) groups is 1. The van der Waals surface area contributed by atoms with Crippen LogP contribution < -0.4 is 5.32 Å². The maximum absolute atomic E-state index is 12.8. The van der Waals surface area contributed by atoms with Gasteiger partial charge in [-0.1, -0.05) is 58.4 Å². The minimum atomic E-state index is -0.286. The Hall–Kier alpha value is -3.32. The fourth-order valence-corrected chi connectivity index (χ4v) is 3.39. The van der Waals surface area contributed by atoms with E-state index in [4.69, 9.17) is 0 Å². The van der Waals surface area contributed by atoms with Crippen molar-refractivity contribution in [1.29, 1.82) is 0 Å². The molecule has 1 amide bonds. The van der Waals surface area contributed by atoms with E-state index in [1.807, 2.05) is 61.5 Å². The first-order valence-electron chi connectivity index (χ1n) is 9.01. The summed E-state index contributed by atoms with van der Waals surface area (Å²) in [5.74, 6) is 0.919. The molecule has 0 saturated heterocycles. The van der Waals surface area contributed by atoms with Crippen molar-refractivity contribution >= 4 is 27.7 Å². The minimum Gasteiger partial charge on any atom is -0.306 e. The highest BCUT2D eigenvalue weighted by Crippen LogP contribution is 2.32. The average Bonchev–Trinajstić information content (AvgIpc) is 3.02. The van der Waals surface area contributed by atoms with E-state index in [1.54, 1.807) is 11.7 Å². The third-order valence-corrected chi connectivity index (χ3v) is 5.06. The lowest BCUT2D eigenvalue weighted by Gasteiger charge is -2.09. The number of anilines is 1. The summed E-state index contributed by atoms with van der Waals surface area (Å²) >= 11 is 3.45. The number of hydrogen-bond acceptors (Lipinski definition) is 4. The molecule has 0 saturated carbocycles. The molecule has 2 aromatic heterocycles. The second kappa shape index (κ2) is 7.97. The van der Waals surface area contributed by atoms with Crippen LogP contribution in [0.2, 0.25) is 0 Å². The molecule has 2 aromatic carbocycles. The lowest BCUT2D eigenvalue weighted by atomic mass is 10.1. The van der Waals surface area contributed by atoms with E-state index in [2.05, 4.69) is 36.3 Å². The van der Waals surface area contributed by atoms with Gasteiger partial charge >= 0.3 is 0 Å². The summed E-state index contributed by atoms with van der Waals surface area (Å²) in [4.78, 5) is 21.5. The molecule has 4 aromatic rings. The van der Waals surface area contributed by atoms with Crippen LogP contribution in [0.25, 0.3) is 22.5 Å². The second-order valence-corrected chi connectivity index (χ2v) is 7.47. The molecule has 0 aliphatic carbocycles. The van der Waals surface area contributed by atoms with Gasteiger partial charge in [-0.3, -0.25) is 9.48 Å². The first kappa shape index (κ1) is 19.0. The van der Waals surface area contributed by atoms with Crippen molar-refractivity contribution in [2.75, 3.05) is 5.32 Å². The zero-order chi connectivity index (χ0) is 20.4. The highest BCUT2D eigenvalue weighted by atomic mass is 79.9. The molecule has 7 heteroatoms. The lowest BCUT2D eigenvalue weighted by molar-refractivity contribution is 0.102. The smallest absolute Gasteiger partial charge is 0.259 e. The number of nitrogens with zero attached hydrogens (tertiary/aromatic N) is 4. The van der Waals surface area contributed by atoms with Gasteiger partial charge in [-0.05, 0) is 24.6 Å². The predicted molar refractivity (Wildman–Crippen MR) is 117 cm³/mol. The predicted octanol–water partition coefficient (Wildman–Crippen LogP) is 4.87. The van der Waals surface area contributed by atoms with Gasteiger partial charge in [0.15, 0.2) is 5.82 Å². The largest absolute Gasteiger partial charge is 0.306 e. The van der Waals surface area contributed by atoms with Crippen LogP contribution in [-0.4, -0.2) is 25.7 Å². The first-order valence-corrected chi connectivity index (χ1v) is 9.80. The third kappa shape index (κ3) is 3.95. The molecule has 144 valence electrons. The second-order valence-electron chi connectivity index (χ2n) is 6.56. The number of nitrogens with one attached hydrogen (secondary N) is 1. The van der Waals surface area contributed by atoms with Crippen molar-refractivity contribution in [3.8, 4) is 22.5 Å². The summed E-state index contributed by atoms with van der Waals surface area (Å²) in [5, 5.41) is 7.43. The molecule has 0 spiro atoms. The van der Waals surface area contributed by atoms with E-state index in [0.717, 1.165) is 26.9 Å². The first-order chi connectivity index (χ1) is 14.0. The van der Waals surface area contributed by atoms with Gasteiger partial charge in [-0.15, -0.1) is 0 Å². The summed E-state index contributed by atoms with van der Waals surface area (Å²) in [5.41, 5.74) is 3.98. The zero-order valence-electron chi connectivity index (χ0n) is 15.9. The number of amides is 1. The van der Waals surface area contributed by atoms with Crippen LogP contribution >= 0.6 is 15.9 Å². The normalized spacial score (nSPS) is 10.7. The minimum absolute atomic E-state index is 0.286. The summed E-state index contributed by atoms with van der Waals surface area (Å²) in [6, 6.07) is 17.5. The van der Waals surface area contributed by atoms with Crippen molar-refractivity contribution in [2.24, 2.45) is 7.05 Å². The lowest BCUT2D eigenvalue weighted by Crippen LogP contribution is -2.16. The molecule has 0 bridgehead atoms. The number of hydrogen-bond donors (Lipinski definition) is 1. The van der Waals surface area contributed by atoms with Crippen LogP contribution in [0.1, 0.15) is 16.1 Å². The average molecular weight is 448 g/mol. The Balaban J connectivity index is 1.61. The molecule has 6 nitrogen and oxygen atoms in total. The van der Waals surface area contributed by atoms with Crippen molar-refractivity contribution in [2.45, 2.75) is 6.92 Å². The van der Waals surface area contributed by atoms with E-state index in [0.29, 0.717) is 17.2 Å². The van der Waals surface area contributed by atoms with Crippen LogP contribution in [0.15, 0.2) is 71.5 Å². The van der Waals surface area contributed by atoms with Crippen LogP contribution in [-0.2, 0) is 7.05 Å². The molecule has 0 fully saturated rings. The van der Waals surface area contributed by atoms with Gasteiger partial charge in [0.05, 0.1) is 11.3 Å². The van der Waals surface area contributed by atoms with Crippen molar-refractivity contribution in [1.82, 2.24) is 19.7 Å². The Morgan fingerprint density at radius 2 is 1.62 bits per heavy atom. The van der Waals surface area contributed by atoms with Gasteiger partial charge in [-0.25, -0.2) is 9.97 Å². The van der Waals surface area contributed by atoms with Gasteiger partial charge in [0.1, 0.15) is 5.82 Å². The molecular weight excluding hydrogens is 430 g/mol. The van der Waals surface area contributed by atoms with E-state index in [-0.39, 0.29) is 5.91 Å². The summed E-state index contributed by atoms with van der Waals surface area (Å²) < 4.78 is 2.66. The van der Waals surface area contributed by atoms with E-state index >= 15 is 0 Å². The van der Waals surface area contributed by atoms with Crippen molar-refractivity contribution in [3.05, 3.63) is 82.7 Å². The van der Waals surface area contributed by atoms with Gasteiger partial charge < -0.3 is 5.32 Å². The SMILES string of the molecule is Cc1nn(C)c(NC(=O)c2cnc(-c3ccccc3)nc2)c1-c1ccc(Br)cc1. The number of carbonyl (C=O) groups excluding carboxylic acids is 1. The van der Waals surface area contributed by atoms with Crippen LogP contribution in [0.3, 0.4) is 0 Å². The number of benzene rings is 2. The molecule has 1 N–H and O–H groups in total. The monoisotopic (exact) mass is 447 g/mol. The van der Waals surface area contributed by atoms with Gasteiger partial charge in [0, 0.05) is 35.0 Å². The van der Waals surface area contributed by atoms with E-state index in [1.165, 1.54) is 12.4 Å². The Morgan fingerprint density at radius 1 is 0.966 bits per heavy atom. The molecular formula is C22H18BrN5O. The molecule has 0 radical (unpaired) electrons. The number of aryl methyl sites for hydroxylation is 2. The highest BCUT2D eigenvalue weighted by molar-refractivity contribution is 9.10. The topological polar surface area (TPSA) is 72.7 Å². The fourth-order valence-electron chi connectivity index (χ4n) is 3.13. The van der Waals surface area contributed by atoms with E-state index < -0.39 is 0 Å².